The Hall–Kier alpha value is -2.24. The molecule has 0 amide bonds. The lowest BCUT2D eigenvalue weighted by Crippen LogP contribution is -1.90. The fraction of sp³-hybridized carbons (Fsp3) is 0.100. The molecule has 16 heavy (non-hydrogen) atoms. The molecule has 0 radical (unpaired) electrons. The predicted octanol–water partition coefficient (Wildman–Crippen LogP) is 1.78. The Kier molecular flexibility index (Phi) is 2.40. The van der Waals surface area contributed by atoms with Crippen LogP contribution in [-0.4, -0.2) is 17.4 Å². The molecule has 5 nitrogen and oxygen atoms in total. The molecule has 84 valence electrons. The van der Waals surface area contributed by atoms with Crippen LogP contribution in [0.3, 0.4) is 0 Å². The van der Waals surface area contributed by atoms with Gasteiger partial charge in [0.2, 0.25) is 11.7 Å². The van der Waals surface area contributed by atoms with Crippen molar-refractivity contribution in [1.82, 2.24) is 5.16 Å². The quantitative estimate of drug-likeness (QED) is 0.812. The Morgan fingerprint density at radius 1 is 1.50 bits per heavy atom. The molecular weight excluding hydrogens is 215 g/mol. The molecular formula is C10H9FN2O3. The maximum atomic E-state index is 13.5. The lowest BCUT2D eigenvalue weighted by molar-refractivity contribution is 0.365. The van der Waals surface area contributed by atoms with E-state index in [0.717, 1.165) is 0 Å². The van der Waals surface area contributed by atoms with Crippen LogP contribution in [0, 0.1) is 5.82 Å². The average Bonchev–Trinajstić information content (AvgIpc) is 2.69. The lowest BCUT2D eigenvalue weighted by atomic mass is 10.1. The number of hydrogen-bond acceptors (Lipinski definition) is 5. The number of rotatable bonds is 2. The number of aromatic nitrogens is 1. The van der Waals surface area contributed by atoms with Crippen LogP contribution in [0.4, 0.5) is 10.3 Å². The van der Waals surface area contributed by atoms with Crippen LogP contribution in [-0.2, 0) is 0 Å². The van der Waals surface area contributed by atoms with Gasteiger partial charge in [-0.3, -0.25) is 0 Å². The number of phenolic OH excluding ortho intramolecular Hbond substituents is 1. The van der Waals surface area contributed by atoms with Gasteiger partial charge < -0.3 is 20.1 Å². The minimum absolute atomic E-state index is 0.0438. The Balaban J connectivity index is 2.55. The highest BCUT2D eigenvalue weighted by Crippen LogP contribution is 2.35. The Morgan fingerprint density at radius 3 is 2.81 bits per heavy atom. The maximum absolute atomic E-state index is 13.5. The largest absolute Gasteiger partial charge is 0.504 e. The average molecular weight is 224 g/mol. The summed E-state index contributed by atoms with van der Waals surface area (Å²) < 4.78 is 22.8. The van der Waals surface area contributed by atoms with Gasteiger partial charge in [0.15, 0.2) is 11.5 Å². The zero-order valence-electron chi connectivity index (χ0n) is 8.40. The van der Waals surface area contributed by atoms with E-state index in [1.807, 2.05) is 0 Å². The first-order valence-corrected chi connectivity index (χ1v) is 4.41. The second-order valence-corrected chi connectivity index (χ2v) is 3.09. The molecule has 1 aromatic heterocycles. The van der Waals surface area contributed by atoms with E-state index in [2.05, 4.69) is 9.68 Å². The van der Waals surface area contributed by atoms with E-state index in [0.29, 0.717) is 0 Å². The van der Waals surface area contributed by atoms with Gasteiger partial charge in [0.25, 0.3) is 0 Å². The van der Waals surface area contributed by atoms with E-state index < -0.39 is 11.6 Å². The zero-order chi connectivity index (χ0) is 11.7. The summed E-state index contributed by atoms with van der Waals surface area (Å²) in [6, 6.07) is 4.24. The summed E-state index contributed by atoms with van der Waals surface area (Å²) in [6.07, 6.45) is 0. The number of ether oxygens (including phenoxy) is 1. The first kappa shape index (κ1) is 10.3. The van der Waals surface area contributed by atoms with Crippen LogP contribution >= 0.6 is 0 Å². The van der Waals surface area contributed by atoms with Crippen molar-refractivity contribution < 1.29 is 18.8 Å². The summed E-state index contributed by atoms with van der Waals surface area (Å²) in [5.74, 6) is -1.35. The van der Waals surface area contributed by atoms with Gasteiger partial charge in [-0.25, -0.2) is 0 Å². The lowest BCUT2D eigenvalue weighted by Gasteiger charge is -2.06. The van der Waals surface area contributed by atoms with Crippen LogP contribution in [0.15, 0.2) is 22.7 Å². The number of methoxy groups -OCH3 is 1. The highest BCUT2D eigenvalue weighted by Gasteiger charge is 2.16. The van der Waals surface area contributed by atoms with Gasteiger partial charge in [-0.2, -0.15) is 4.39 Å². The fourth-order valence-electron chi connectivity index (χ4n) is 1.33. The van der Waals surface area contributed by atoms with Gasteiger partial charge in [0.05, 0.1) is 7.11 Å². The molecule has 0 saturated carbocycles. The number of hydrogen-bond donors (Lipinski definition) is 2. The van der Waals surface area contributed by atoms with Crippen LogP contribution in [0.25, 0.3) is 11.3 Å². The van der Waals surface area contributed by atoms with Crippen molar-refractivity contribution in [3.63, 3.8) is 0 Å². The first-order valence-electron chi connectivity index (χ1n) is 4.41. The topological polar surface area (TPSA) is 81.5 Å². The number of halogens is 1. The summed E-state index contributed by atoms with van der Waals surface area (Å²) >= 11 is 0. The zero-order valence-corrected chi connectivity index (χ0v) is 8.40. The number of nitrogens with two attached hydrogens (primary N) is 1. The highest BCUT2D eigenvalue weighted by atomic mass is 19.1. The predicted molar refractivity (Wildman–Crippen MR) is 54.5 cm³/mol. The molecule has 0 aliphatic carbocycles. The van der Waals surface area contributed by atoms with Crippen molar-refractivity contribution in [3.8, 4) is 22.8 Å². The van der Waals surface area contributed by atoms with Crippen molar-refractivity contribution in [3.05, 3.63) is 24.0 Å². The van der Waals surface area contributed by atoms with E-state index in [-0.39, 0.29) is 22.9 Å². The number of nitrogen functional groups attached to an aromatic ring is 1. The normalized spacial score (nSPS) is 10.4. The number of nitrogens with zero attached hydrogens (tertiary/aromatic N) is 1. The molecule has 1 heterocycles. The summed E-state index contributed by atoms with van der Waals surface area (Å²) in [5.41, 5.74) is 5.78. The van der Waals surface area contributed by atoms with Crippen molar-refractivity contribution in [2.45, 2.75) is 0 Å². The second kappa shape index (κ2) is 3.73. The van der Waals surface area contributed by atoms with Gasteiger partial charge in [-0.1, -0.05) is 5.16 Å². The highest BCUT2D eigenvalue weighted by molar-refractivity contribution is 5.69. The van der Waals surface area contributed by atoms with Crippen molar-refractivity contribution in [2.24, 2.45) is 0 Å². The van der Waals surface area contributed by atoms with Gasteiger partial charge in [-0.15, -0.1) is 0 Å². The van der Waals surface area contributed by atoms with E-state index >= 15 is 0 Å². The Morgan fingerprint density at radius 2 is 2.25 bits per heavy atom. The maximum Gasteiger partial charge on any atom is 0.222 e. The molecule has 3 N–H and O–H groups in total. The summed E-state index contributed by atoms with van der Waals surface area (Å²) in [4.78, 5) is 0. The fourth-order valence-corrected chi connectivity index (χ4v) is 1.33. The third kappa shape index (κ3) is 1.54. The summed E-state index contributed by atoms with van der Waals surface area (Å²) in [7, 11) is 1.31. The minimum Gasteiger partial charge on any atom is -0.504 e. The monoisotopic (exact) mass is 224 g/mol. The molecule has 0 spiro atoms. The Labute approximate surface area is 90.2 Å². The van der Waals surface area contributed by atoms with Gasteiger partial charge >= 0.3 is 0 Å². The van der Waals surface area contributed by atoms with E-state index in [4.69, 9.17) is 10.5 Å². The van der Waals surface area contributed by atoms with E-state index in [9.17, 15) is 9.50 Å². The molecule has 0 aliphatic heterocycles. The standard InChI is InChI=1S/C10H9FN2O3/c1-15-7-3-2-5(10(14)9(7)11)6-4-8(12)16-13-6/h2-4,14H,12H2,1H3. The minimum atomic E-state index is -0.846. The van der Waals surface area contributed by atoms with Crippen LogP contribution in [0.2, 0.25) is 0 Å². The second-order valence-electron chi connectivity index (χ2n) is 3.09. The number of phenols is 1. The molecule has 0 unspecified atom stereocenters. The van der Waals surface area contributed by atoms with Crippen LogP contribution in [0.1, 0.15) is 0 Å². The van der Waals surface area contributed by atoms with E-state index in [1.54, 1.807) is 0 Å². The number of anilines is 1. The molecule has 1 aromatic carbocycles. The molecule has 0 atom stereocenters. The molecule has 0 saturated heterocycles. The smallest absolute Gasteiger partial charge is 0.222 e. The molecule has 0 aliphatic rings. The van der Waals surface area contributed by atoms with Crippen LogP contribution in [0.5, 0.6) is 11.5 Å². The van der Waals surface area contributed by atoms with Crippen molar-refractivity contribution >= 4 is 5.88 Å². The number of benzene rings is 1. The Bertz CT molecular complexity index is 525. The first-order chi connectivity index (χ1) is 7.63. The molecule has 6 heteroatoms. The van der Waals surface area contributed by atoms with E-state index in [1.165, 1.54) is 25.3 Å². The van der Waals surface area contributed by atoms with Gasteiger partial charge in [0, 0.05) is 11.6 Å². The third-order valence-electron chi connectivity index (χ3n) is 2.10. The molecule has 0 bridgehead atoms. The summed E-state index contributed by atoms with van der Waals surface area (Å²) in [5, 5.41) is 13.2. The summed E-state index contributed by atoms with van der Waals surface area (Å²) in [6.45, 7) is 0. The molecule has 2 rings (SSSR count). The molecule has 2 aromatic rings. The van der Waals surface area contributed by atoms with Crippen LogP contribution < -0.4 is 10.5 Å². The SMILES string of the molecule is COc1ccc(-c2cc(N)on2)c(O)c1F. The van der Waals surface area contributed by atoms with Crippen molar-refractivity contribution in [1.29, 1.82) is 0 Å². The third-order valence-corrected chi connectivity index (χ3v) is 2.10. The molecule has 0 fully saturated rings. The van der Waals surface area contributed by atoms with Crippen molar-refractivity contribution in [2.75, 3.05) is 12.8 Å². The number of aromatic hydroxyl groups is 1. The van der Waals surface area contributed by atoms with Gasteiger partial charge in [-0.05, 0) is 12.1 Å². The van der Waals surface area contributed by atoms with Gasteiger partial charge in [0.1, 0.15) is 5.69 Å².